The molecule has 0 aliphatic rings. The molecule has 1 heterocycles. The van der Waals surface area contributed by atoms with E-state index in [1.165, 1.54) is 43.6 Å². The first-order chi connectivity index (χ1) is 18.8. The number of hydrogen-bond acceptors (Lipinski definition) is 5. The van der Waals surface area contributed by atoms with Crippen molar-refractivity contribution in [2.45, 2.75) is 83.9 Å². The molecular formula is C31H37F3N2O3. The van der Waals surface area contributed by atoms with Crippen LogP contribution in [-0.2, 0) is 16.0 Å². The summed E-state index contributed by atoms with van der Waals surface area (Å²) < 4.78 is 49.7. The highest BCUT2D eigenvalue weighted by Gasteiger charge is 2.47. The number of nitrogens with zero attached hydrogens (tertiary/aromatic N) is 2. The van der Waals surface area contributed by atoms with Crippen LogP contribution < -0.4 is 4.74 Å². The largest absolute Gasteiger partial charge is 0.425 e. The maximum atomic E-state index is 13.3. The van der Waals surface area contributed by atoms with Crippen LogP contribution in [0.2, 0.25) is 0 Å². The molecule has 2 aromatic carbocycles. The standard InChI is InChI=1S/C31H37F3N2O3/c1-3-5-7-9-11-23-12-14-24(15-13-23)25-16-18-26(19-17-25)29-35-21-27(22-36-29)39-30(37)28(31(32,33)34)38-20-10-8-6-4-2/h12-19,21-22,28H,3-11,20H2,1-2H3. The maximum Gasteiger partial charge on any atom is 0.425 e. The fourth-order valence-corrected chi connectivity index (χ4v) is 4.15. The molecule has 0 spiro atoms. The number of carbonyl (C=O) groups excluding carboxylic acids is 1. The SMILES string of the molecule is CCCCCCOC(C(=O)Oc1cnc(-c2ccc(-c3ccc(CCCCCC)cc3)cc2)nc1)C(F)(F)F. The van der Waals surface area contributed by atoms with Crippen molar-refractivity contribution in [1.82, 2.24) is 9.97 Å². The first-order valence-corrected chi connectivity index (χ1v) is 13.7. The molecule has 8 heteroatoms. The van der Waals surface area contributed by atoms with Gasteiger partial charge in [-0.25, -0.2) is 14.8 Å². The number of halogens is 3. The molecule has 0 saturated heterocycles. The van der Waals surface area contributed by atoms with E-state index in [1.807, 2.05) is 31.2 Å². The Morgan fingerprint density at radius 1 is 0.769 bits per heavy atom. The van der Waals surface area contributed by atoms with E-state index in [-0.39, 0.29) is 12.4 Å². The zero-order chi connectivity index (χ0) is 28.1. The number of aryl methyl sites for hydroxylation is 1. The van der Waals surface area contributed by atoms with E-state index < -0.39 is 18.2 Å². The molecule has 3 aromatic rings. The van der Waals surface area contributed by atoms with Gasteiger partial charge in [-0.05, 0) is 36.0 Å². The summed E-state index contributed by atoms with van der Waals surface area (Å²) in [5.74, 6) is -1.35. The molecule has 210 valence electrons. The average molecular weight is 543 g/mol. The predicted molar refractivity (Wildman–Crippen MR) is 146 cm³/mol. The number of benzene rings is 2. The van der Waals surface area contributed by atoms with Crippen molar-refractivity contribution in [3.8, 4) is 28.3 Å². The van der Waals surface area contributed by atoms with Crippen molar-refractivity contribution in [3.63, 3.8) is 0 Å². The molecule has 5 nitrogen and oxygen atoms in total. The van der Waals surface area contributed by atoms with Crippen LogP contribution in [0.1, 0.15) is 70.8 Å². The van der Waals surface area contributed by atoms with Crippen molar-refractivity contribution in [3.05, 3.63) is 66.5 Å². The third-order valence-corrected chi connectivity index (χ3v) is 6.39. The Balaban J connectivity index is 1.57. The summed E-state index contributed by atoms with van der Waals surface area (Å²) in [6.07, 6.45) is 3.90. The van der Waals surface area contributed by atoms with Crippen LogP contribution in [0.15, 0.2) is 60.9 Å². The molecular weight excluding hydrogens is 505 g/mol. The molecule has 3 rings (SSSR count). The highest BCUT2D eigenvalue weighted by molar-refractivity contribution is 5.78. The molecule has 0 amide bonds. The molecule has 0 fully saturated rings. The topological polar surface area (TPSA) is 61.3 Å². The van der Waals surface area contributed by atoms with E-state index in [0.717, 1.165) is 42.4 Å². The molecule has 1 unspecified atom stereocenters. The molecule has 0 bridgehead atoms. The number of aromatic nitrogens is 2. The lowest BCUT2D eigenvalue weighted by Gasteiger charge is -2.19. The van der Waals surface area contributed by atoms with Crippen LogP contribution in [0.25, 0.3) is 22.5 Å². The van der Waals surface area contributed by atoms with Gasteiger partial charge in [0.15, 0.2) is 11.6 Å². The van der Waals surface area contributed by atoms with E-state index >= 15 is 0 Å². The third-order valence-electron chi connectivity index (χ3n) is 6.39. The fraction of sp³-hybridized carbons (Fsp3) is 0.452. The summed E-state index contributed by atoms with van der Waals surface area (Å²) >= 11 is 0. The second-order valence-corrected chi connectivity index (χ2v) is 9.60. The van der Waals surface area contributed by atoms with Crippen LogP contribution in [-0.4, -0.2) is 34.8 Å². The molecule has 0 aliphatic heterocycles. The van der Waals surface area contributed by atoms with Crippen LogP contribution in [0.3, 0.4) is 0 Å². The van der Waals surface area contributed by atoms with Gasteiger partial charge in [-0.1, -0.05) is 101 Å². The lowest BCUT2D eigenvalue weighted by molar-refractivity contribution is -0.225. The van der Waals surface area contributed by atoms with Crippen molar-refractivity contribution >= 4 is 5.97 Å². The van der Waals surface area contributed by atoms with Crippen molar-refractivity contribution in [2.24, 2.45) is 0 Å². The van der Waals surface area contributed by atoms with E-state index in [0.29, 0.717) is 12.2 Å². The van der Waals surface area contributed by atoms with Crippen molar-refractivity contribution in [2.75, 3.05) is 6.61 Å². The highest BCUT2D eigenvalue weighted by atomic mass is 19.4. The number of alkyl halides is 3. The van der Waals surface area contributed by atoms with Gasteiger partial charge >= 0.3 is 12.1 Å². The minimum absolute atomic E-state index is 0.173. The minimum Gasteiger partial charge on any atom is -0.421 e. The monoisotopic (exact) mass is 542 g/mol. The number of carbonyl (C=O) groups is 1. The zero-order valence-electron chi connectivity index (χ0n) is 22.7. The molecule has 39 heavy (non-hydrogen) atoms. The van der Waals surface area contributed by atoms with Crippen LogP contribution in [0.4, 0.5) is 13.2 Å². The molecule has 0 N–H and O–H groups in total. The Hall–Kier alpha value is -3.26. The van der Waals surface area contributed by atoms with Gasteiger partial charge in [0.25, 0.3) is 6.10 Å². The van der Waals surface area contributed by atoms with E-state index in [1.54, 1.807) is 0 Å². The van der Waals surface area contributed by atoms with Gasteiger partial charge < -0.3 is 9.47 Å². The maximum absolute atomic E-state index is 13.3. The van der Waals surface area contributed by atoms with E-state index in [4.69, 9.17) is 9.47 Å². The van der Waals surface area contributed by atoms with Crippen molar-refractivity contribution < 1.29 is 27.4 Å². The van der Waals surface area contributed by atoms with Crippen LogP contribution >= 0.6 is 0 Å². The summed E-state index contributed by atoms with van der Waals surface area (Å²) in [5.41, 5.74) is 4.22. The van der Waals surface area contributed by atoms with Crippen molar-refractivity contribution in [1.29, 1.82) is 0 Å². The molecule has 1 aromatic heterocycles. The normalized spacial score (nSPS) is 12.3. The molecule has 0 saturated carbocycles. The van der Waals surface area contributed by atoms with Gasteiger partial charge in [0, 0.05) is 12.2 Å². The number of ether oxygens (including phenoxy) is 2. The predicted octanol–water partition coefficient (Wildman–Crippen LogP) is 8.37. The Morgan fingerprint density at radius 3 is 1.87 bits per heavy atom. The van der Waals surface area contributed by atoms with E-state index in [2.05, 4.69) is 41.2 Å². The molecule has 0 radical (unpaired) electrons. The molecule has 1 atom stereocenters. The Morgan fingerprint density at radius 2 is 1.31 bits per heavy atom. The minimum atomic E-state index is -4.88. The smallest absolute Gasteiger partial charge is 0.421 e. The Kier molecular flexibility index (Phi) is 11.9. The highest BCUT2D eigenvalue weighted by Crippen LogP contribution is 2.27. The number of hydrogen-bond donors (Lipinski definition) is 0. The average Bonchev–Trinajstić information content (AvgIpc) is 2.93. The third kappa shape index (κ3) is 9.77. The lowest BCUT2D eigenvalue weighted by Crippen LogP contribution is -2.42. The summed E-state index contributed by atoms with van der Waals surface area (Å²) in [6.45, 7) is 4.03. The lowest BCUT2D eigenvalue weighted by atomic mass is 10.00. The summed E-state index contributed by atoms with van der Waals surface area (Å²) in [7, 11) is 0. The van der Waals surface area contributed by atoms with Gasteiger partial charge in [-0.3, -0.25) is 0 Å². The second kappa shape index (κ2) is 15.4. The van der Waals surface area contributed by atoms with Gasteiger partial charge in [0.1, 0.15) is 0 Å². The van der Waals surface area contributed by atoms with Gasteiger partial charge in [0.05, 0.1) is 12.4 Å². The first kappa shape index (κ1) is 30.3. The number of rotatable bonds is 15. The quantitative estimate of drug-likeness (QED) is 0.143. The second-order valence-electron chi connectivity index (χ2n) is 9.60. The fourth-order valence-electron chi connectivity index (χ4n) is 4.15. The van der Waals surface area contributed by atoms with E-state index in [9.17, 15) is 18.0 Å². The number of unbranched alkanes of at least 4 members (excludes halogenated alkanes) is 6. The summed E-state index contributed by atoms with van der Waals surface area (Å²) in [6, 6.07) is 16.3. The van der Waals surface area contributed by atoms with Gasteiger partial charge in [-0.2, -0.15) is 13.2 Å². The summed E-state index contributed by atoms with van der Waals surface area (Å²) in [5, 5.41) is 0. The van der Waals surface area contributed by atoms with Gasteiger partial charge in [-0.15, -0.1) is 0 Å². The van der Waals surface area contributed by atoms with Crippen LogP contribution in [0.5, 0.6) is 5.75 Å². The van der Waals surface area contributed by atoms with Crippen LogP contribution in [0, 0.1) is 0 Å². The first-order valence-electron chi connectivity index (χ1n) is 13.7. The Labute approximate surface area is 228 Å². The van der Waals surface area contributed by atoms with Gasteiger partial charge in [0.2, 0.25) is 0 Å². The Bertz CT molecular complexity index is 1130. The number of esters is 1. The molecule has 0 aliphatic carbocycles. The summed E-state index contributed by atoms with van der Waals surface area (Å²) in [4.78, 5) is 20.5. The zero-order valence-corrected chi connectivity index (χ0v) is 22.7.